The van der Waals surface area contributed by atoms with Crippen molar-refractivity contribution in [3.05, 3.63) is 83.9 Å². The van der Waals surface area contributed by atoms with Gasteiger partial charge in [-0.25, -0.2) is 4.98 Å². The van der Waals surface area contributed by atoms with Gasteiger partial charge in [-0.15, -0.1) is 0 Å². The summed E-state index contributed by atoms with van der Waals surface area (Å²) in [7, 11) is 0. The van der Waals surface area contributed by atoms with Gasteiger partial charge in [0.2, 0.25) is 76.8 Å². The molecule has 0 spiro atoms. The fourth-order valence-electron chi connectivity index (χ4n) is 13.1. The van der Waals surface area contributed by atoms with Crippen LogP contribution in [0.1, 0.15) is 149 Å². The first-order chi connectivity index (χ1) is 58.4. The number of aromatic hydroxyl groups is 1. The summed E-state index contributed by atoms with van der Waals surface area (Å²) in [5.41, 5.74) is 43.3. The average molecular weight is 1740 g/mol. The number of hydrogen-bond donors (Lipinski definition) is 27. The van der Waals surface area contributed by atoms with E-state index in [4.69, 9.17) is 34.4 Å². The number of phenols is 1. The van der Waals surface area contributed by atoms with Crippen LogP contribution in [0.5, 0.6) is 5.75 Å². The smallest absolute Gasteiger partial charge is 0.278 e. The lowest BCUT2D eigenvalue weighted by molar-refractivity contribution is -0.405. The van der Waals surface area contributed by atoms with Gasteiger partial charge in [-0.3, -0.25) is 83.1 Å². The Morgan fingerprint density at radius 1 is 0.512 bits per heavy atom. The standard InChI is InChI=1S/C79H133N27O17/c1-8-43(3)63(104-73(120)58(37-50-38-88-42-94-50)102-76(123)64(44(4)9-2)105-70(117)55(24-17-33-91-79(86)87)99-69(116)54(22-13-14-30-80)98-67(114)52(81)21-15-31-89-77(82)83)75(122)93-40-62(111)106-34-18-25-60(106)74(121)92-39-61(110)97-53(23-16-32-90-78(84)85)68(115)95-45(5)65(112)100-57(35-48-19-11-10-12-20-48)72(119)101-56(36-49-26-28-51(109)29-27-49)71(118)96-46(6)66(113)103-59(41-107)47(7)108/h10-12,19-20,26-29,38,41-47,52-60,63-64,77-79,89-91,108-109H,8-9,13-18,21-25,30-37,39-40,80-87H2,1-7H3,(H,88,94)(H,92,121)(H,93,122)(H,95,115)(H,96,118)(H,97,110)(H,98,114)(H,99,116)(H,100,112)(H,101,119)(H,102,123)(H,103,113)(H,104,120)(H,105,117)/p+2/t43-,44-,45-,46-,47+,52-,53-,54-,55-,56-,57-,58-,59+,60-,63-,64-/m0/s1. The van der Waals surface area contributed by atoms with Gasteiger partial charge in [0.15, 0.2) is 6.04 Å². The Kier molecular flexibility index (Phi) is 47.1. The topological polar surface area (TPSA) is 732 Å². The number of aromatic nitrogens is 2. The molecule has 1 aliphatic heterocycles. The van der Waals surface area contributed by atoms with Crippen molar-refractivity contribution in [1.82, 2.24) is 99.9 Å². The minimum Gasteiger partial charge on any atom is -0.508 e. The molecule has 1 saturated heterocycles. The second-order valence-corrected chi connectivity index (χ2v) is 31.0. The quantitative estimate of drug-likeness (QED) is 0.0142. The number of likely N-dealkylation sites (tertiary alicyclic amines) is 1. The number of phenolic OH excluding ortho intramolecular Hbond substituents is 1. The number of quaternary nitrogens is 2. The second-order valence-electron chi connectivity index (χ2n) is 31.0. The van der Waals surface area contributed by atoms with Crippen LogP contribution in [0.4, 0.5) is 0 Å². The predicted molar refractivity (Wildman–Crippen MR) is 451 cm³/mol. The number of aromatic amines is 1. The highest BCUT2D eigenvalue weighted by Gasteiger charge is 2.40. The molecule has 0 unspecified atom stereocenters. The first-order valence-electron chi connectivity index (χ1n) is 41.9. The van der Waals surface area contributed by atoms with Crippen molar-refractivity contribution in [3.8, 4) is 5.75 Å². The molecule has 1 aromatic heterocycles. The number of carbonyl (C=O) groups excluding carboxylic acids is 15. The van der Waals surface area contributed by atoms with Gasteiger partial charge >= 0.3 is 0 Å². The average Bonchev–Trinajstić information content (AvgIpc) is 1.68. The van der Waals surface area contributed by atoms with E-state index < -0.39 is 211 Å². The van der Waals surface area contributed by atoms with Crippen molar-refractivity contribution in [2.45, 2.75) is 255 Å². The molecule has 16 atom stereocenters. The van der Waals surface area contributed by atoms with Gasteiger partial charge in [0.25, 0.3) is 5.91 Å². The maximum absolute atomic E-state index is 14.7. The summed E-state index contributed by atoms with van der Waals surface area (Å²) in [6.45, 7) is 10.9. The summed E-state index contributed by atoms with van der Waals surface area (Å²) in [6, 6.07) is -2.35. The first-order valence-corrected chi connectivity index (χ1v) is 41.9. The summed E-state index contributed by atoms with van der Waals surface area (Å²) >= 11 is 0. The Labute approximate surface area is 716 Å². The van der Waals surface area contributed by atoms with Gasteiger partial charge in [0.1, 0.15) is 103 Å². The summed E-state index contributed by atoms with van der Waals surface area (Å²) in [6.07, 6.45) is 2.46. The number of aliphatic hydroxyl groups is 1. The maximum atomic E-state index is 14.7. The molecule has 0 saturated carbocycles. The predicted octanol–water partition coefficient (Wildman–Crippen LogP) is -9.85. The van der Waals surface area contributed by atoms with Crippen molar-refractivity contribution in [2.24, 2.45) is 46.2 Å². The summed E-state index contributed by atoms with van der Waals surface area (Å²) in [5, 5.41) is 62.8. The van der Waals surface area contributed by atoms with Crippen LogP contribution in [0.2, 0.25) is 0 Å². The van der Waals surface area contributed by atoms with E-state index in [-0.39, 0.29) is 83.2 Å². The van der Waals surface area contributed by atoms with E-state index in [0.29, 0.717) is 81.1 Å². The molecule has 2 heterocycles. The molecule has 14 amide bonds. The highest BCUT2D eigenvalue weighted by molar-refractivity contribution is 6.00. The number of unbranched alkanes of at least 4 members (excludes halogenated alkanes) is 1. The highest BCUT2D eigenvalue weighted by atomic mass is 16.3. The molecule has 0 aliphatic carbocycles. The number of H-pyrrole nitrogens is 1. The van der Waals surface area contributed by atoms with Gasteiger partial charge in [-0.1, -0.05) is 83.0 Å². The number of hydrogen-bond acceptors (Lipinski definition) is 27. The Hall–Kier alpha value is -10.8. The largest absolute Gasteiger partial charge is 0.508 e. The van der Waals surface area contributed by atoms with Crippen LogP contribution in [0.25, 0.3) is 0 Å². The van der Waals surface area contributed by atoms with Crippen molar-refractivity contribution in [3.63, 3.8) is 0 Å². The third-order valence-electron chi connectivity index (χ3n) is 20.8. The van der Waals surface area contributed by atoms with Crippen LogP contribution in [-0.4, -0.2) is 263 Å². The molecule has 1 fully saturated rings. The van der Waals surface area contributed by atoms with E-state index >= 15 is 0 Å². The molecule has 2 aromatic carbocycles. The van der Waals surface area contributed by atoms with E-state index in [1.165, 1.54) is 62.5 Å². The molecular formula is C79H135N27O17+2. The molecular weight excluding hydrogens is 1600 g/mol. The van der Waals surface area contributed by atoms with E-state index in [9.17, 15) is 82.1 Å². The summed E-state index contributed by atoms with van der Waals surface area (Å²) in [4.78, 5) is 217. The molecule has 37 N–H and O–H groups in total. The first kappa shape index (κ1) is 105. The zero-order valence-electron chi connectivity index (χ0n) is 71.5. The SMILES string of the molecule is CC[C@H](C)[C@H](NC(=O)[C@H](Cc1cnc[nH]1)NC(=O)[C@@H](NC(=O)[C@H](CCCNC(N)N)NC(=O)[C@H](CCCC[NH3+])NC(=O)[C@@H]([NH3+])CCCNC(N)N)[C@@H](C)CC)C(=O)NCC(=O)N1CCC[C@H]1C(=O)NCC(=O)N[C@@H](CCCNC(N)N)C(=O)N[C@@H](C)C(=O)N[C@@H](Cc1ccccc1)C(=O)N[C@@H](Cc1ccc(O)cc1)C(=O)N[C@@H](C)C(=O)N[C@H](C=O)[C@@H](C)O. The molecule has 686 valence electrons. The van der Waals surface area contributed by atoms with Crippen LogP contribution >= 0.6 is 0 Å². The van der Waals surface area contributed by atoms with Gasteiger partial charge < -0.3 is 140 Å². The van der Waals surface area contributed by atoms with E-state index in [1.54, 1.807) is 58.0 Å². The Morgan fingerprint density at radius 3 is 1.48 bits per heavy atom. The summed E-state index contributed by atoms with van der Waals surface area (Å²) < 4.78 is 0. The van der Waals surface area contributed by atoms with Crippen LogP contribution in [-0.2, 0) is 91.2 Å². The second kappa shape index (κ2) is 55.4. The number of rotatable bonds is 58. The van der Waals surface area contributed by atoms with E-state index in [1.807, 2.05) is 0 Å². The Balaban J connectivity index is 1.47. The molecule has 44 nitrogen and oxygen atoms in total. The normalized spacial score (nSPS) is 16.3. The van der Waals surface area contributed by atoms with E-state index in [0.717, 1.165) is 0 Å². The fraction of sp³-hybridized carbons (Fsp3) is 0.620. The molecule has 4 rings (SSSR count). The van der Waals surface area contributed by atoms with Crippen LogP contribution < -0.4 is 131 Å². The third kappa shape index (κ3) is 38.3. The lowest BCUT2D eigenvalue weighted by Crippen LogP contribution is -2.69. The lowest BCUT2D eigenvalue weighted by Gasteiger charge is -2.30. The lowest BCUT2D eigenvalue weighted by atomic mass is 9.96. The van der Waals surface area contributed by atoms with Crippen molar-refractivity contribution >= 4 is 89.0 Å². The molecule has 0 radical (unpaired) electrons. The van der Waals surface area contributed by atoms with Gasteiger partial charge in [0, 0.05) is 44.1 Å². The number of nitrogens with two attached hydrogens (primary N) is 6. The minimum atomic E-state index is -1.43. The van der Waals surface area contributed by atoms with Crippen LogP contribution in [0.3, 0.4) is 0 Å². The molecule has 44 heteroatoms. The summed E-state index contributed by atoms with van der Waals surface area (Å²) in [5.74, 6) is -12.3. The highest BCUT2D eigenvalue weighted by Crippen LogP contribution is 2.20. The molecule has 3 aromatic rings. The number of aliphatic hydroxyl groups excluding tert-OH is 1. The number of imidazole rings is 1. The zero-order valence-corrected chi connectivity index (χ0v) is 71.5. The Bertz CT molecular complexity index is 3850. The van der Waals surface area contributed by atoms with Crippen molar-refractivity contribution < 1.29 is 93.6 Å². The zero-order chi connectivity index (χ0) is 91.4. The molecule has 0 bridgehead atoms. The number of nitrogens with zero attached hydrogens (tertiary/aromatic N) is 2. The molecule has 123 heavy (non-hydrogen) atoms. The van der Waals surface area contributed by atoms with Crippen LogP contribution in [0.15, 0.2) is 67.1 Å². The number of nitrogens with one attached hydrogen (secondary N) is 17. The maximum Gasteiger partial charge on any atom is 0.278 e. The van der Waals surface area contributed by atoms with Gasteiger partial charge in [0.05, 0.1) is 32.1 Å². The van der Waals surface area contributed by atoms with E-state index in [2.05, 4.69) is 107 Å². The number of carbonyl (C=O) groups is 15. The van der Waals surface area contributed by atoms with Crippen LogP contribution in [0, 0.1) is 11.8 Å². The number of aldehydes is 1. The van der Waals surface area contributed by atoms with Gasteiger partial charge in [-0.2, -0.15) is 0 Å². The van der Waals surface area contributed by atoms with Crippen molar-refractivity contribution in [1.29, 1.82) is 0 Å². The van der Waals surface area contributed by atoms with Crippen molar-refractivity contribution in [2.75, 3.05) is 45.8 Å². The fourth-order valence-corrected chi connectivity index (χ4v) is 13.1. The third-order valence-corrected chi connectivity index (χ3v) is 20.8. The Morgan fingerprint density at radius 2 is 0.959 bits per heavy atom. The minimum absolute atomic E-state index is 0.0148. The number of benzene rings is 2. The monoisotopic (exact) mass is 1730 g/mol. The van der Waals surface area contributed by atoms with Gasteiger partial charge in [-0.05, 0) is 140 Å². The molecule has 1 aliphatic rings. The number of amides is 14.